The van der Waals surface area contributed by atoms with Gasteiger partial charge < -0.3 is 11.1 Å². The average molecular weight is 294 g/mol. The largest absolute Gasteiger partial charge is 0.399 e. The van der Waals surface area contributed by atoms with Crippen molar-refractivity contribution >= 4 is 29.0 Å². The van der Waals surface area contributed by atoms with E-state index in [9.17, 15) is 9.59 Å². The fourth-order valence-electron chi connectivity index (χ4n) is 1.67. The quantitative estimate of drug-likeness (QED) is 0.639. The average Bonchev–Trinajstić information content (AvgIpc) is 2.45. The third-order valence-electron chi connectivity index (χ3n) is 3.18. The molecule has 0 heterocycles. The van der Waals surface area contributed by atoms with Crippen LogP contribution in [-0.2, 0) is 4.79 Å². The number of nitrogens with two attached hydrogens (primary N) is 1. The van der Waals surface area contributed by atoms with Crippen molar-refractivity contribution in [2.24, 2.45) is 0 Å². The topological polar surface area (TPSA) is 96.0 Å². The highest BCUT2D eigenvalue weighted by Crippen LogP contribution is 2.16. The molecule has 1 aromatic rings. The van der Waals surface area contributed by atoms with Gasteiger partial charge in [-0.1, -0.05) is 6.92 Å². The van der Waals surface area contributed by atoms with Gasteiger partial charge in [0.1, 0.15) is 0 Å². The number of carbonyl (C=O) groups excluding carboxylic acids is 2. The van der Waals surface area contributed by atoms with E-state index >= 15 is 0 Å². The van der Waals surface area contributed by atoms with Crippen LogP contribution in [0.3, 0.4) is 0 Å². The number of hydrogen-bond acceptors (Lipinski definition) is 4. The Morgan fingerprint density at radius 2 is 2.10 bits per heavy atom. The molecule has 1 atom stereocenters. The maximum atomic E-state index is 12.2. The van der Waals surface area contributed by atoms with Gasteiger partial charge in [0.15, 0.2) is 5.78 Å². The molecule has 6 heteroatoms. The van der Waals surface area contributed by atoms with E-state index in [4.69, 9.17) is 22.6 Å². The molecule has 0 fully saturated rings. The van der Waals surface area contributed by atoms with Gasteiger partial charge in [0.25, 0.3) is 5.91 Å². The molecule has 5 nitrogen and oxygen atoms in total. The lowest BCUT2D eigenvalue weighted by Gasteiger charge is -2.27. The smallest absolute Gasteiger partial charge is 0.252 e. The normalized spacial score (nSPS) is 13.1. The minimum atomic E-state index is -1.03. The first kappa shape index (κ1) is 16.0. The second-order valence-electron chi connectivity index (χ2n) is 4.65. The van der Waals surface area contributed by atoms with Gasteiger partial charge in [-0.05, 0) is 31.5 Å². The number of halogens is 1. The Kier molecular flexibility index (Phi) is 5.12. The Bertz CT molecular complexity index is 580. The lowest BCUT2D eigenvalue weighted by molar-refractivity contribution is -0.122. The van der Waals surface area contributed by atoms with Crippen LogP contribution in [0.15, 0.2) is 18.2 Å². The van der Waals surface area contributed by atoms with Crippen LogP contribution in [0.4, 0.5) is 5.69 Å². The first-order valence-electron chi connectivity index (χ1n) is 6.08. The summed E-state index contributed by atoms with van der Waals surface area (Å²) < 4.78 is 0. The number of amides is 1. The van der Waals surface area contributed by atoms with Crippen molar-refractivity contribution in [3.63, 3.8) is 0 Å². The van der Waals surface area contributed by atoms with Gasteiger partial charge in [0.05, 0.1) is 23.1 Å². The SMILES string of the molecule is CCC(C)(NC(=O)c1cc(N)cc(C#N)c1)C(=O)CCl. The monoisotopic (exact) mass is 293 g/mol. The summed E-state index contributed by atoms with van der Waals surface area (Å²) >= 11 is 5.55. The summed E-state index contributed by atoms with van der Waals surface area (Å²) in [4.78, 5) is 24.0. The van der Waals surface area contributed by atoms with Crippen LogP contribution in [0.5, 0.6) is 0 Å². The lowest BCUT2D eigenvalue weighted by Crippen LogP contribution is -2.52. The summed E-state index contributed by atoms with van der Waals surface area (Å²) in [6.07, 6.45) is 0.414. The van der Waals surface area contributed by atoms with Crippen molar-refractivity contribution in [3.05, 3.63) is 29.3 Å². The highest BCUT2D eigenvalue weighted by molar-refractivity contribution is 6.29. The summed E-state index contributed by atoms with van der Waals surface area (Å²) in [6.45, 7) is 3.40. The van der Waals surface area contributed by atoms with Gasteiger partial charge in [-0.2, -0.15) is 5.26 Å². The van der Waals surface area contributed by atoms with Crippen LogP contribution in [0.2, 0.25) is 0 Å². The maximum Gasteiger partial charge on any atom is 0.252 e. The van der Waals surface area contributed by atoms with Crippen LogP contribution in [0, 0.1) is 11.3 Å². The van der Waals surface area contributed by atoms with Crippen molar-refractivity contribution in [3.8, 4) is 6.07 Å². The van der Waals surface area contributed by atoms with E-state index in [-0.39, 0.29) is 22.8 Å². The molecular formula is C14H16ClN3O2. The van der Waals surface area contributed by atoms with E-state index in [1.165, 1.54) is 18.2 Å². The molecular weight excluding hydrogens is 278 g/mol. The number of alkyl halides is 1. The van der Waals surface area contributed by atoms with E-state index in [0.717, 1.165) is 0 Å². The van der Waals surface area contributed by atoms with Crippen molar-refractivity contribution in [2.45, 2.75) is 25.8 Å². The number of carbonyl (C=O) groups is 2. The van der Waals surface area contributed by atoms with Gasteiger partial charge in [-0.3, -0.25) is 9.59 Å². The summed E-state index contributed by atoms with van der Waals surface area (Å²) in [5, 5.41) is 11.5. The molecule has 0 saturated carbocycles. The van der Waals surface area contributed by atoms with E-state index in [1.807, 2.05) is 6.07 Å². The Labute approximate surface area is 122 Å². The van der Waals surface area contributed by atoms with E-state index < -0.39 is 11.4 Å². The van der Waals surface area contributed by atoms with Crippen LogP contribution in [0.1, 0.15) is 36.2 Å². The number of nitrogens with one attached hydrogen (secondary N) is 1. The zero-order valence-corrected chi connectivity index (χ0v) is 12.1. The molecule has 0 aromatic heterocycles. The lowest BCUT2D eigenvalue weighted by atomic mass is 9.93. The second-order valence-corrected chi connectivity index (χ2v) is 4.92. The standard InChI is InChI=1S/C14H16ClN3O2/c1-3-14(2,12(19)7-15)18-13(20)10-4-9(8-16)5-11(17)6-10/h4-6H,3,7,17H2,1-2H3,(H,18,20). The number of anilines is 1. The number of nitrogens with zero attached hydrogens (tertiary/aromatic N) is 1. The van der Waals surface area contributed by atoms with Gasteiger partial charge in [0, 0.05) is 11.3 Å². The van der Waals surface area contributed by atoms with Crippen LogP contribution < -0.4 is 11.1 Å². The van der Waals surface area contributed by atoms with Gasteiger partial charge >= 0.3 is 0 Å². The zero-order chi connectivity index (χ0) is 15.3. The zero-order valence-electron chi connectivity index (χ0n) is 11.4. The molecule has 0 bridgehead atoms. The molecule has 106 valence electrons. The van der Waals surface area contributed by atoms with E-state index in [2.05, 4.69) is 5.32 Å². The highest BCUT2D eigenvalue weighted by atomic mass is 35.5. The van der Waals surface area contributed by atoms with E-state index in [1.54, 1.807) is 13.8 Å². The summed E-state index contributed by atoms with van der Waals surface area (Å²) in [5.41, 5.74) is 5.45. The second kappa shape index (κ2) is 6.40. The first-order valence-corrected chi connectivity index (χ1v) is 6.62. The highest BCUT2D eigenvalue weighted by Gasteiger charge is 2.32. The number of hydrogen-bond donors (Lipinski definition) is 2. The minimum absolute atomic E-state index is 0.176. The molecule has 0 saturated heterocycles. The van der Waals surface area contributed by atoms with Crippen molar-refractivity contribution < 1.29 is 9.59 Å². The summed E-state index contributed by atoms with van der Waals surface area (Å²) in [7, 11) is 0. The maximum absolute atomic E-state index is 12.2. The Morgan fingerprint density at radius 3 is 2.60 bits per heavy atom. The molecule has 1 amide bonds. The fraction of sp³-hybridized carbons (Fsp3) is 0.357. The van der Waals surface area contributed by atoms with Gasteiger partial charge in [-0.15, -0.1) is 11.6 Å². The van der Waals surface area contributed by atoms with Crippen LogP contribution in [-0.4, -0.2) is 23.1 Å². The fourth-order valence-corrected chi connectivity index (χ4v) is 1.97. The third-order valence-corrected chi connectivity index (χ3v) is 3.42. The molecule has 0 spiro atoms. The summed E-state index contributed by atoms with van der Waals surface area (Å²) in [6, 6.07) is 6.28. The van der Waals surface area contributed by atoms with Crippen molar-refractivity contribution in [2.75, 3.05) is 11.6 Å². The molecule has 0 radical (unpaired) electrons. The molecule has 20 heavy (non-hydrogen) atoms. The van der Waals surface area contributed by atoms with Gasteiger partial charge in [0.2, 0.25) is 0 Å². The van der Waals surface area contributed by atoms with Crippen LogP contribution >= 0.6 is 11.6 Å². The Balaban J connectivity index is 3.05. The Hall–Kier alpha value is -2.06. The molecule has 0 aliphatic heterocycles. The van der Waals surface area contributed by atoms with Crippen molar-refractivity contribution in [1.82, 2.24) is 5.32 Å². The number of nitrogen functional groups attached to an aromatic ring is 1. The summed E-state index contributed by atoms with van der Waals surface area (Å²) in [5.74, 6) is -0.901. The van der Waals surface area contributed by atoms with Crippen LogP contribution in [0.25, 0.3) is 0 Å². The first-order chi connectivity index (χ1) is 9.36. The molecule has 1 unspecified atom stereocenters. The Morgan fingerprint density at radius 1 is 1.45 bits per heavy atom. The number of nitriles is 1. The number of rotatable bonds is 5. The number of benzene rings is 1. The number of Topliss-reactive ketones (excluding diaryl/α,β-unsaturated/α-hetero) is 1. The predicted octanol–water partition coefficient (Wildman–Crippen LogP) is 1.85. The molecule has 3 N–H and O–H groups in total. The number of ketones is 1. The molecule has 1 aromatic carbocycles. The van der Waals surface area contributed by atoms with E-state index in [0.29, 0.717) is 12.1 Å². The molecule has 1 rings (SSSR count). The third kappa shape index (κ3) is 3.49. The molecule has 0 aliphatic carbocycles. The minimum Gasteiger partial charge on any atom is -0.399 e. The predicted molar refractivity (Wildman–Crippen MR) is 77.5 cm³/mol. The van der Waals surface area contributed by atoms with Gasteiger partial charge in [-0.25, -0.2) is 0 Å². The van der Waals surface area contributed by atoms with Crippen molar-refractivity contribution in [1.29, 1.82) is 5.26 Å². The molecule has 0 aliphatic rings.